The van der Waals surface area contributed by atoms with E-state index in [-0.39, 0.29) is 24.0 Å². The number of ether oxygens (including phenoxy) is 1. The first-order valence-electron chi connectivity index (χ1n) is 10.4. The summed E-state index contributed by atoms with van der Waals surface area (Å²) < 4.78 is 6.91. The number of methoxy groups -OCH3 is 1. The molecule has 1 aromatic heterocycles. The zero-order valence-corrected chi connectivity index (χ0v) is 19.7. The van der Waals surface area contributed by atoms with Gasteiger partial charge in [-0.2, -0.15) is 0 Å². The Labute approximate surface area is 197 Å². The number of hydrogen-bond acceptors (Lipinski definition) is 6. The summed E-state index contributed by atoms with van der Waals surface area (Å²) in [7, 11) is 1.59. The Balaban J connectivity index is 1.61. The number of hydrogen-bond donors (Lipinski definition) is 2. The van der Waals surface area contributed by atoms with E-state index in [1.54, 1.807) is 42.0 Å². The lowest BCUT2D eigenvalue weighted by molar-refractivity contribution is -0.116. The highest BCUT2D eigenvalue weighted by molar-refractivity contribution is 7.99. The van der Waals surface area contributed by atoms with E-state index < -0.39 is 0 Å². The fraction of sp³-hybridized carbons (Fsp3) is 0.250. The summed E-state index contributed by atoms with van der Waals surface area (Å²) in [6.45, 7) is 8.18. The minimum absolute atomic E-state index is 0.0438. The number of thioether (sulfide) groups is 1. The molecule has 0 saturated carbocycles. The molecule has 0 aliphatic heterocycles. The third kappa shape index (κ3) is 6.95. The lowest BCUT2D eigenvalue weighted by atomic mass is 10.1. The van der Waals surface area contributed by atoms with E-state index >= 15 is 0 Å². The van der Waals surface area contributed by atoms with Crippen LogP contribution in [-0.4, -0.2) is 39.4 Å². The van der Waals surface area contributed by atoms with Gasteiger partial charge in [0.05, 0.1) is 19.3 Å². The number of rotatable bonds is 10. The highest BCUT2D eigenvalue weighted by Crippen LogP contribution is 2.20. The Morgan fingerprint density at radius 1 is 1.03 bits per heavy atom. The summed E-state index contributed by atoms with van der Waals surface area (Å²) in [6, 6.07) is 13.0. The Kier molecular flexibility index (Phi) is 8.26. The average Bonchev–Trinajstić information content (AvgIpc) is 3.13. The van der Waals surface area contributed by atoms with E-state index in [4.69, 9.17) is 4.74 Å². The van der Waals surface area contributed by atoms with Gasteiger partial charge >= 0.3 is 0 Å². The Morgan fingerprint density at radius 3 is 2.33 bits per heavy atom. The lowest BCUT2D eigenvalue weighted by Gasteiger charge is -2.09. The molecule has 9 heteroatoms. The van der Waals surface area contributed by atoms with Crippen LogP contribution in [0.1, 0.15) is 17.0 Å². The minimum Gasteiger partial charge on any atom is -0.497 e. The number of allylic oxidation sites excluding steroid dienone is 1. The van der Waals surface area contributed by atoms with Crippen LogP contribution in [0.5, 0.6) is 5.75 Å². The number of anilines is 2. The minimum atomic E-state index is -0.220. The van der Waals surface area contributed by atoms with Crippen LogP contribution in [0.4, 0.5) is 11.4 Å². The maximum atomic E-state index is 12.5. The quantitative estimate of drug-likeness (QED) is 0.347. The van der Waals surface area contributed by atoms with Crippen LogP contribution < -0.4 is 15.4 Å². The normalized spacial score (nSPS) is 10.5. The SMILES string of the molecule is C=CCn1c(CC(=O)Nc2ccc(OC)cc2)nnc1SCC(=O)Nc1cc(C)cc(C)c1. The van der Waals surface area contributed by atoms with Crippen LogP contribution in [0.25, 0.3) is 0 Å². The molecule has 33 heavy (non-hydrogen) atoms. The summed E-state index contributed by atoms with van der Waals surface area (Å²) in [4.78, 5) is 24.9. The van der Waals surface area contributed by atoms with Gasteiger partial charge in [-0.3, -0.25) is 9.59 Å². The molecule has 1 heterocycles. The molecule has 0 aliphatic carbocycles. The van der Waals surface area contributed by atoms with Crippen LogP contribution in [-0.2, 0) is 22.6 Å². The number of aryl methyl sites for hydroxylation is 2. The van der Waals surface area contributed by atoms with Crippen molar-refractivity contribution in [3.8, 4) is 5.75 Å². The molecule has 3 aromatic rings. The summed E-state index contributed by atoms with van der Waals surface area (Å²) in [6.07, 6.45) is 1.75. The van der Waals surface area contributed by atoms with Gasteiger partial charge in [-0.25, -0.2) is 0 Å². The van der Waals surface area contributed by atoms with Gasteiger partial charge in [0.15, 0.2) is 5.16 Å². The summed E-state index contributed by atoms with van der Waals surface area (Å²) in [5, 5.41) is 14.6. The zero-order valence-electron chi connectivity index (χ0n) is 18.9. The standard InChI is InChI=1S/C24H27N5O3S/c1-5-10-29-21(14-22(30)25-18-6-8-20(32-4)9-7-18)27-28-24(29)33-15-23(31)26-19-12-16(2)11-17(3)13-19/h5-9,11-13H,1,10,14-15H2,2-4H3,(H,25,30)(H,26,31). The summed E-state index contributed by atoms with van der Waals surface area (Å²) >= 11 is 1.26. The second-order valence-electron chi connectivity index (χ2n) is 7.46. The number of carbonyl (C=O) groups excluding carboxylic acids is 2. The van der Waals surface area contributed by atoms with Gasteiger partial charge in [-0.1, -0.05) is 23.9 Å². The van der Waals surface area contributed by atoms with Crippen LogP contribution in [0, 0.1) is 13.8 Å². The molecular weight excluding hydrogens is 438 g/mol. The first-order valence-corrected chi connectivity index (χ1v) is 11.3. The van der Waals surface area contributed by atoms with Crippen molar-refractivity contribution >= 4 is 35.0 Å². The van der Waals surface area contributed by atoms with E-state index in [9.17, 15) is 9.59 Å². The molecule has 0 radical (unpaired) electrons. The molecule has 0 fully saturated rings. The third-order valence-corrected chi connectivity index (χ3v) is 5.60. The van der Waals surface area contributed by atoms with E-state index in [1.165, 1.54) is 11.8 Å². The fourth-order valence-electron chi connectivity index (χ4n) is 3.27. The molecule has 0 aliphatic rings. The molecular formula is C24H27N5O3S. The molecule has 0 spiro atoms. The van der Waals surface area contributed by atoms with Crippen molar-refractivity contribution in [1.82, 2.24) is 14.8 Å². The van der Waals surface area contributed by atoms with Gasteiger partial charge in [0.1, 0.15) is 11.6 Å². The number of nitrogens with one attached hydrogen (secondary N) is 2. The summed E-state index contributed by atoms with van der Waals surface area (Å²) in [5.74, 6) is 1.01. The van der Waals surface area contributed by atoms with Gasteiger partial charge < -0.3 is 19.9 Å². The monoisotopic (exact) mass is 465 g/mol. The molecule has 0 atom stereocenters. The van der Waals surface area contributed by atoms with Gasteiger partial charge in [-0.05, 0) is 61.4 Å². The third-order valence-electron chi connectivity index (χ3n) is 4.64. The molecule has 0 bridgehead atoms. The number of aromatic nitrogens is 3. The number of amides is 2. The molecule has 172 valence electrons. The van der Waals surface area contributed by atoms with Crippen molar-refractivity contribution in [3.63, 3.8) is 0 Å². The van der Waals surface area contributed by atoms with E-state index in [2.05, 4.69) is 33.5 Å². The van der Waals surface area contributed by atoms with Gasteiger partial charge in [0.25, 0.3) is 0 Å². The van der Waals surface area contributed by atoms with Crippen molar-refractivity contribution < 1.29 is 14.3 Å². The molecule has 3 rings (SSSR count). The smallest absolute Gasteiger partial charge is 0.234 e. The highest BCUT2D eigenvalue weighted by atomic mass is 32.2. The van der Waals surface area contributed by atoms with Gasteiger partial charge in [0, 0.05) is 17.9 Å². The maximum Gasteiger partial charge on any atom is 0.234 e. The Hall–Kier alpha value is -3.59. The van der Waals surface area contributed by atoms with Crippen molar-refractivity contribution in [1.29, 1.82) is 0 Å². The predicted octanol–water partition coefficient (Wildman–Crippen LogP) is 4.00. The van der Waals surface area contributed by atoms with Crippen molar-refractivity contribution in [2.24, 2.45) is 0 Å². The van der Waals surface area contributed by atoms with Crippen molar-refractivity contribution in [2.75, 3.05) is 23.5 Å². The van der Waals surface area contributed by atoms with E-state index in [1.807, 2.05) is 26.0 Å². The molecule has 2 amide bonds. The number of nitrogens with zero attached hydrogens (tertiary/aromatic N) is 3. The Morgan fingerprint density at radius 2 is 1.70 bits per heavy atom. The van der Waals surface area contributed by atoms with Crippen molar-refractivity contribution in [3.05, 3.63) is 72.1 Å². The van der Waals surface area contributed by atoms with Crippen LogP contribution >= 0.6 is 11.8 Å². The molecule has 8 nitrogen and oxygen atoms in total. The van der Waals surface area contributed by atoms with E-state index in [0.717, 1.165) is 16.8 Å². The van der Waals surface area contributed by atoms with Crippen molar-refractivity contribution in [2.45, 2.75) is 32.0 Å². The van der Waals surface area contributed by atoms with Crippen LogP contribution in [0.3, 0.4) is 0 Å². The lowest BCUT2D eigenvalue weighted by Crippen LogP contribution is -2.18. The zero-order chi connectivity index (χ0) is 23.8. The second-order valence-corrected chi connectivity index (χ2v) is 8.41. The topological polar surface area (TPSA) is 98.1 Å². The molecule has 0 unspecified atom stereocenters. The predicted molar refractivity (Wildman–Crippen MR) is 131 cm³/mol. The Bertz CT molecular complexity index is 1120. The van der Waals surface area contributed by atoms with Gasteiger partial charge in [0.2, 0.25) is 11.8 Å². The highest BCUT2D eigenvalue weighted by Gasteiger charge is 2.16. The average molecular weight is 466 g/mol. The molecule has 2 aromatic carbocycles. The van der Waals surface area contributed by atoms with Crippen LogP contribution in [0.2, 0.25) is 0 Å². The first-order chi connectivity index (χ1) is 15.9. The van der Waals surface area contributed by atoms with Gasteiger partial charge in [-0.15, -0.1) is 16.8 Å². The molecule has 2 N–H and O–H groups in total. The van der Waals surface area contributed by atoms with E-state index in [0.29, 0.717) is 29.0 Å². The molecule has 0 saturated heterocycles. The maximum absolute atomic E-state index is 12.5. The number of carbonyl (C=O) groups is 2. The second kappa shape index (κ2) is 11.3. The van der Waals surface area contributed by atoms with Crippen LogP contribution in [0.15, 0.2) is 60.3 Å². The summed E-state index contributed by atoms with van der Waals surface area (Å²) in [5.41, 5.74) is 3.59. The largest absolute Gasteiger partial charge is 0.497 e. The fourth-order valence-corrected chi connectivity index (χ4v) is 4.03. The first kappa shape index (κ1) is 24.1. The number of benzene rings is 2.